The number of hydrogen-bond acceptors (Lipinski definition) is 12. The second-order valence-electron chi connectivity index (χ2n) is 24.9. The van der Waals surface area contributed by atoms with E-state index in [2.05, 4.69) is 30.9 Å². The molecule has 18 N–H and O–H groups in total. The Morgan fingerprint density at radius 2 is 0.626 bits per heavy atom. The number of aromatic nitrogens is 3. The van der Waals surface area contributed by atoms with Crippen molar-refractivity contribution >= 4 is 84.8 Å². The van der Waals surface area contributed by atoms with Crippen LogP contribution in [0.2, 0.25) is 0 Å². The minimum atomic E-state index is -1.88. The highest BCUT2D eigenvalue weighted by molar-refractivity contribution is 6.18. The number of nitrogens with two attached hydrogens (primary N) is 6. The standard InChI is InChI=1S/C73H88N12O6/c1-43-13-28-55-58(46(4)80-61(55)37-43)40-64(86)71(77,31-7-10-34-74)68(89)83-52-22-16-49(17-23-52)67(50-18-24-53(25-19-50)84-69(90)72(78,32-8-11-35-75)65(87)41-59-47(5)81-62-38-44(2)14-29-56(59)62)51-20-26-54(27-21-51)85-70(91)73(79,33-9-12-36-76)66(88)42-60-48(6)82-63-39-45(3)15-30-57(60)63/h13-30,37-39,67,80-82H,7-12,31-36,40-42,74-79H2,1-6H3,(H,83,89)(H,84,90)(H,85,91)/t71-,72-,73-/m0/s1. The Hall–Kier alpha value is -8.88. The Bertz CT molecular complexity index is 3720. The summed E-state index contributed by atoms with van der Waals surface area (Å²) in [7, 11) is 0. The van der Waals surface area contributed by atoms with Crippen molar-refractivity contribution in [1.29, 1.82) is 0 Å². The average Bonchev–Trinajstić information content (AvgIpc) is 2.28. The first-order valence-electron chi connectivity index (χ1n) is 31.5. The molecule has 0 radical (unpaired) electrons. The van der Waals surface area contributed by atoms with Crippen LogP contribution in [0.3, 0.4) is 0 Å². The summed E-state index contributed by atoms with van der Waals surface area (Å²) in [4.78, 5) is 96.8. The summed E-state index contributed by atoms with van der Waals surface area (Å²) in [6, 6.07) is 39.7. The quantitative estimate of drug-likeness (QED) is 0.0114. The number of fused-ring (bicyclic) bond motifs is 3. The molecule has 0 aliphatic rings. The van der Waals surface area contributed by atoms with E-state index in [1.54, 1.807) is 36.4 Å². The highest BCUT2D eigenvalue weighted by Gasteiger charge is 2.44. The second-order valence-corrected chi connectivity index (χ2v) is 24.9. The number of H-pyrrole nitrogens is 3. The van der Waals surface area contributed by atoms with Gasteiger partial charge in [0.2, 0.25) is 0 Å². The van der Waals surface area contributed by atoms with Crippen molar-refractivity contribution in [3.05, 3.63) is 195 Å². The van der Waals surface area contributed by atoms with E-state index in [1.165, 1.54) is 0 Å². The third kappa shape index (κ3) is 14.7. The lowest BCUT2D eigenvalue weighted by Crippen LogP contribution is -2.58. The molecule has 3 heterocycles. The molecule has 3 amide bonds. The van der Waals surface area contributed by atoms with Crippen LogP contribution in [-0.4, -0.2) is 86.3 Å². The Morgan fingerprint density at radius 1 is 0.374 bits per heavy atom. The fraction of sp³-hybridized carbons (Fsp3) is 0.342. The zero-order valence-corrected chi connectivity index (χ0v) is 53.2. The first-order chi connectivity index (χ1) is 43.5. The highest BCUT2D eigenvalue weighted by Crippen LogP contribution is 2.36. The summed E-state index contributed by atoms with van der Waals surface area (Å²) in [5.41, 5.74) is 47.2. The van der Waals surface area contributed by atoms with Crippen LogP contribution in [0.5, 0.6) is 0 Å². The van der Waals surface area contributed by atoms with E-state index in [4.69, 9.17) is 34.4 Å². The third-order valence-electron chi connectivity index (χ3n) is 18.1. The van der Waals surface area contributed by atoms with Crippen LogP contribution < -0.4 is 50.4 Å². The fourth-order valence-corrected chi connectivity index (χ4v) is 12.5. The lowest BCUT2D eigenvalue weighted by Gasteiger charge is -2.28. The zero-order chi connectivity index (χ0) is 65.4. The summed E-state index contributed by atoms with van der Waals surface area (Å²) in [6.07, 6.45) is 3.21. The number of ketones is 3. The van der Waals surface area contributed by atoms with E-state index in [0.717, 1.165) is 99.9 Å². The lowest BCUT2D eigenvalue weighted by atomic mass is 9.83. The van der Waals surface area contributed by atoms with Crippen molar-refractivity contribution in [2.75, 3.05) is 35.6 Å². The number of carbonyl (C=O) groups excluding carboxylic acids is 6. The Balaban J connectivity index is 1.000. The predicted molar refractivity (Wildman–Crippen MR) is 365 cm³/mol. The second kappa shape index (κ2) is 28.5. The van der Waals surface area contributed by atoms with Crippen LogP contribution in [0.4, 0.5) is 17.1 Å². The van der Waals surface area contributed by atoms with Crippen molar-refractivity contribution < 1.29 is 28.8 Å². The van der Waals surface area contributed by atoms with E-state index >= 15 is 0 Å². The number of hydrogen-bond donors (Lipinski definition) is 12. The Morgan fingerprint density at radius 3 is 0.868 bits per heavy atom. The molecule has 9 aromatic rings. The van der Waals surface area contributed by atoms with Gasteiger partial charge in [0.25, 0.3) is 17.7 Å². The molecule has 0 aliphatic heterocycles. The summed E-state index contributed by atoms with van der Waals surface area (Å²) in [5, 5.41) is 11.6. The summed E-state index contributed by atoms with van der Waals surface area (Å²) in [5.74, 6) is -3.66. The summed E-state index contributed by atoms with van der Waals surface area (Å²) in [6.45, 7) is 12.8. The minimum absolute atomic E-state index is 0.0520. The minimum Gasteiger partial charge on any atom is -0.358 e. The molecule has 9 rings (SSSR count). The normalized spacial score (nSPS) is 13.7. The zero-order valence-electron chi connectivity index (χ0n) is 53.2. The van der Waals surface area contributed by atoms with E-state index in [-0.39, 0.29) is 38.5 Å². The van der Waals surface area contributed by atoms with Crippen molar-refractivity contribution in [3.8, 4) is 0 Å². The Labute approximate surface area is 531 Å². The molecular weight excluding hydrogens is 1140 g/mol. The van der Waals surface area contributed by atoms with Gasteiger partial charge in [-0.05, 0) is 224 Å². The number of nitrogens with one attached hydrogen (secondary N) is 6. The van der Waals surface area contributed by atoms with Crippen LogP contribution >= 0.6 is 0 Å². The molecule has 0 spiro atoms. The van der Waals surface area contributed by atoms with E-state index in [1.807, 2.05) is 133 Å². The van der Waals surface area contributed by atoms with Crippen LogP contribution in [-0.2, 0) is 48.0 Å². The van der Waals surface area contributed by atoms with Crippen molar-refractivity contribution in [3.63, 3.8) is 0 Å². The van der Waals surface area contributed by atoms with Crippen molar-refractivity contribution in [1.82, 2.24) is 15.0 Å². The van der Waals surface area contributed by atoms with Crippen molar-refractivity contribution in [2.24, 2.45) is 34.4 Å². The number of rotatable bonds is 30. The highest BCUT2D eigenvalue weighted by atomic mass is 16.2. The first kappa shape index (κ1) is 66.5. The van der Waals surface area contributed by atoms with Gasteiger partial charge >= 0.3 is 0 Å². The van der Waals surface area contributed by atoms with Crippen LogP contribution in [0, 0.1) is 41.5 Å². The van der Waals surface area contributed by atoms with Gasteiger partial charge in [-0.1, -0.05) is 72.8 Å². The van der Waals surface area contributed by atoms with Gasteiger partial charge in [0.15, 0.2) is 34.0 Å². The molecule has 91 heavy (non-hydrogen) atoms. The molecule has 0 aliphatic carbocycles. The van der Waals surface area contributed by atoms with Crippen LogP contribution in [0.1, 0.15) is 131 Å². The van der Waals surface area contributed by atoms with Crippen LogP contribution in [0.15, 0.2) is 127 Å². The number of carbonyl (C=O) groups is 6. The monoisotopic (exact) mass is 1230 g/mol. The summed E-state index contributed by atoms with van der Waals surface area (Å²) >= 11 is 0. The van der Waals surface area contributed by atoms with Crippen molar-refractivity contribution in [2.45, 2.75) is 141 Å². The maximum atomic E-state index is 14.5. The van der Waals surface area contributed by atoms with E-state index in [9.17, 15) is 28.8 Å². The SMILES string of the molecule is Cc1ccc2c(CC(=O)[C@@](N)(CCCCN)C(=O)Nc3ccc(C(c4ccc(NC(=O)[C@](N)(CCCCN)C(=O)Cc5c(C)[nH]c6cc(C)ccc56)cc4)c4ccc(NC(=O)[C@](N)(CCCCN)C(=O)Cc5c(C)[nH]c6cc(C)ccc56)cc4)cc3)c(C)[nH]c2c1. The van der Waals surface area contributed by atoms with E-state index in [0.29, 0.717) is 75.2 Å². The molecule has 0 fully saturated rings. The molecule has 0 unspecified atom stereocenters. The predicted octanol–water partition coefficient (Wildman–Crippen LogP) is 9.89. The molecule has 6 aromatic carbocycles. The number of aryl methyl sites for hydroxylation is 6. The average molecular weight is 1230 g/mol. The lowest BCUT2D eigenvalue weighted by molar-refractivity contribution is -0.134. The van der Waals surface area contributed by atoms with E-state index < -0.39 is 57.6 Å². The van der Waals surface area contributed by atoms with Gasteiger partial charge in [0.1, 0.15) is 0 Å². The topological polar surface area (TPSA) is 342 Å². The fourth-order valence-electron chi connectivity index (χ4n) is 12.5. The molecule has 18 nitrogen and oxygen atoms in total. The molecule has 0 saturated heterocycles. The number of anilines is 3. The Kier molecular flexibility index (Phi) is 20.9. The maximum absolute atomic E-state index is 14.5. The molecule has 18 heteroatoms. The molecule has 3 aromatic heterocycles. The number of aromatic amines is 3. The van der Waals surface area contributed by atoms with Gasteiger partial charge in [0, 0.05) is 92.0 Å². The number of Topliss-reactive ketones (excluding diaryl/α,β-unsaturated/α-hetero) is 3. The van der Waals surface area contributed by atoms with Gasteiger partial charge in [-0.25, -0.2) is 0 Å². The van der Waals surface area contributed by atoms with Gasteiger partial charge in [0.05, 0.1) is 0 Å². The summed E-state index contributed by atoms with van der Waals surface area (Å²) < 4.78 is 0. The number of amides is 3. The third-order valence-corrected chi connectivity index (χ3v) is 18.1. The smallest absolute Gasteiger partial charge is 0.252 e. The van der Waals surface area contributed by atoms with Gasteiger partial charge in [-0.15, -0.1) is 0 Å². The molecule has 3 atom stereocenters. The largest absolute Gasteiger partial charge is 0.358 e. The first-order valence-corrected chi connectivity index (χ1v) is 31.5. The van der Waals surface area contributed by atoms with Crippen LogP contribution in [0.25, 0.3) is 32.7 Å². The van der Waals surface area contributed by atoms with Gasteiger partial charge in [-0.3, -0.25) is 28.8 Å². The maximum Gasteiger partial charge on any atom is 0.252 e. The molecule has 476 valence electrons. The molecule has 0 saturated carbocycles. The molecular formula is C73H88N12O6. The van der Waals surface area contributed by atoms with Gasteiger partial charge < -0.3 is 65.3 Å². The number of benzene rings is 6. The number of unbranched alkanes of at least 4 members (excludes halogenated alkanes) is 3. The van der Waals surface area contributed by atoms with Gasteiger partial charge in [-0.2, -0.15) is 0 Å². The molecule has 0 bridgehead atoms.